The lowest BCUT2D eigenvalue weighted by molar-refractivity contribution is -0.125. The summed E-state index contributed by atoms with van der Waals surface area (Å²) in [7, 11) is 1.90. The van der Waals surface area contributed by atoms with Crippen molar-refractivity contribution in [2.75, 3.05) is 18.5 Å². The lowest BCUT2D eigenvalue weighted by Gasteiger charge is -2.40. The number of carbonyl (C=O) groups is 2. The van der Waals surface area contributed by atoms with Gasteiger partial charge in [0.25, 0.3) is 0 Å². The van der Waals surface area contributed by atoms with E-state index in [0.717, 1.165) is 18.7 Å². The van der Waals surface area contributed by atoms with Gasteiger partial charge in [-0.3, -0.25) is 14.5 Å². The summed E-state index contributed by atoms with van der Waals surface area (Å²) in [6.45, 7) is 2.62. The maximum atomic E-state index is 12.4. The summed E-state index contributed by atoms with van der Waals surface area (Å²) in [6, 6.07) is 9.36. The number of rotatable bonds is 4. The number of hydrogen-bond acceptors (Lipinski definition) is 3. The van der Waals surface area contributed by atoms with Crippen LogP contribution in [0.1, 0.15) is 26.2 Å². The highest BCUT2D eigenvalue weighted by Gasteiger charge is 2.34. The summed E-state index contributed by atoms with van der Waals surface area (Å²) in [4.78, 5) is 27.8. The smallest absolute Gasteiger partial charge is 0.234 e. The molecule has 5 heteroatoms. The Hall–Kier alpha value is -1.88. The zero-order valence-corrected chi connectivity index (χ0v) is 12.7. The van der Waals surface area contributed by atoms with Gasteiger partial charge in [0.05, 0.1) is 6.04 Å². The number of likely N-dealkylation sites (tertiary alicyclic amines) is 1. The molecule has 1 heterocycles. The van der Waals surface area contributed by atoms with Gasteiger partial charge < -0.3 is 10.6 Å². The van der Waals surface area contributed by atoms with E-state index in [4.69, 9.17) is 5.73 Å². The number of primary amides is 1. The largest absolute Gasteiger partial charge is 0.368 e. The molecule has 21 heavy (non-hydrogen) atoms. The Balaban J connectivity index is 2.25. The number of para-hydroxylation sites is 1. The van der Waals surface area contributed by atoms with Crippen LogP contribution in [0.25, 0.3) is 0 Å². The van der Waals surface area contributed by atoms with Gasteiger partial charge in [0.1, 0.15) is 0 Å². The summed E-state index contributed by atoms with van der Waals surface area (Å²) in [6.07, 6.45) is 1.88. The molecule has 0 aromatic heterocycles. The van der Waals surface area contributed by atoms with Gasteiger partial charge in [-0.25, -0.2) is 0 Å². The third-order valence-corrected chi connectivity index (χ3v) is 4.14. The first-order valence-electron chi connectivity index (χ1n) is 7.41. The molecule has 0 spiro atoms. The molecule has 5 nitrogen and oxygen atoms in total. The molecule has 0 unspecified atom stereocenters. The fourth-order valence-corrected chi connectivity index (χ4v) is 2.95. The fourth-order valence-electron chi connectivity index (χ4n) is 2.95. The van der Waals surface area contributed by atoms with Crippen LogP contribution in [0.5, 0.6) is 0 Å². The molecule has 0 saturated carbocycles. The normalized spacial score (nSPS) is 22.8. The Morgan fingerprint density at radius 2 is 2.00 bits per heavy atom. The number of nitrogens with two attached hydrogens (primary N) is 1. The Labute approximate surface area is 125 Å². The van der Waals surface area contributed by atoms with Crippen molar-refractivity contribution in [1.29, 1.82) is 0 Å². The second-order valence-corrected chi connectivity index (χ2v) is 5.53. The van der Waals surface area contributed by atoms with Crippen molar-refractivity contribution in [1.82, 2.24) is 4.90 Å². The van der Waals surface area contributed by atoms with Crippen molar-refractivity contribution in [3.63, 3.8) is 0 Å². The number of likely N-dealkylation sites (N-methyl/N-ethyl adjacent to an activating group) is 1. The molecule has 2 amide bonds. The first kappa shape index (κ1) is 15.5. The minimum atomic E-state index is -0.320. The quantitative estimate of drug-likeness (QED) is 0.910. The Morgan fingerprint density at radius 3 is 2.57 bits per heavy atom. The van der Waals surface area contributed by atoms with E-state index >= 15 is 0 Å². The summed E-state index contributed by atoms with van der Waals surface area (Å²) in [5.74, 6) is -0.238. The van der Waals surface area contributed by atoms with Crippen molar-refractivity contribution >= 4 is 17.5 Å². The summed E-state index contributed by atoms with van der Waals surface area (Å²) in [5.41, 5.74) is 6.37. The van der Waals surface area contributed by atoms with Crippen LogP contribution in [0.15, 0.2) is 30.3 Å². The minimum absolute atomic E-state index is 0.0218. The molecule has 0 bridgehead atoms. The first-order chi connectivity index (χ1) is 10.0. The Kier molecular flexibility index (Phi) is 4.96. The van der Waals surface area contributed by atoms with E-state index in [2.05, 4.69) is 0 Å². The molecule has 114 valence electrons. The number of benzene rings is 1. The second-order valence-electron chi connectivity index (χ2n) is 5.53. The molecule has 1 aromatic carbocycles. The molecular formula is C16H23N3O2. The van der Waals surface area contributed by atoms with E-state index in [0.29, 0.717) is 12.8 Å². The van der Waals surface area contributed by atoms with Crippen molar-refractivity contribution in [3.05, 3.63) is 30.3 Å². The number of hydrogen-bond donors (Lipinski definition) is 1. The van der Waals surface area contributed by atoms with Gasteiger partial charge >= 0.3 is 0 Å². The van der Waals surface area contributed by atoms with Crippen molar-refractivity contribution in [2.45, 2.75) is 38.3 Å². The topological polar surface area (TPSA) is 66.6 Å². The molecule has 1 aromatic rings. The van der Waals surface area contributed by atoms with Crippen LogP contribution >= 0.6 is 0 Å². The fraction of sp³-hybridized carbons (Fsp3) is 0.500. The van der Waals surface area contributed by atoms with E-state index in [-0.39, 0.29) is 23.9 Å². The van der Waals surface area contributed by atoms with E-state index in [9.17, 15) is 9.59 Å². The average Bonchev–Trinajstić information content (AvgIpc) is 2.49. The molecule has 2 rings (SSSR count). The monoisotopic (exact) mass is 289 g/mol. The first-order valence-corrected chi connectivity index (χ1v) is 7.41. The molecule has 1 aliphatic heterocycles. The molecule has 1 fully saturated rings. The lowest BCUT2D eigenvalue weighted by atomic mass is 9.95. The molecule has 1 saturated heterocycles. The van der Waals surface area contributed by atoms with E-state index < -0.39 is 0 Å². The predicted molar refractivity (Wildman–Crippen MR) is 82.9 cm³/mol. The summed E-state index contributed by atoms with van der Waals surface area (Å²) < 4.78 is 0. The van der Waals surface area contributed by atoms with Crippen LogP contribution in [0, 0.1) is 0 Å². The highest BCUT2D eigenvalue weighted by molar-refractivity contribution is 5.94. The molecule has 2 atom stereocenters. The van der Waals surface area contributed by atoms with Gasteiger partial charge in [0.2, 0.25) is 11.8 Å². The van der Waals surface area contributed by atoms with E-state index in [1.54, 1.807) is 0 Å². The number of amides is 2. The third kappa shape index (κ3) is 3.42. The maximum Gasteiger partial charge on any atom is 0.234 e. The van der Waals surface area contributed by atoms with Crippen molar-refractivity contribution in [3.8, 4) is 0 Å². The number of piperidine rings is 1. The molecule has 1 aliphatic rings. The van der Waals surface area contributed by atoms with Gasteiger partial charge in [-0.05, 0) is 32.0 Å². The van der Waals surface area contributed by atoms with Crippen LogP contribution in [0.3, 0.4) is 0 Å². The average molecular weight is 289 g/mol. The number of anilines is 1. The SMILES string of the molecule is CCC(=O)N(c1ccccc1)[C@H]1CCN(C)[C@H](C(N)=O)C1. The summed E-state index contributed by atoms with van der Waals surface area (Å²) in [5, 5.41) is 0. The van der Waals surface area contributed by atoms with E-state index in [1.165, 1.54) is 0 Å². The predicted octanol–water partition coefficient (Wildman–Crippen LogP) is 1.38. The van der Waals surface area contributed by atoms with Crippen LogP contribution in [-0.4, -0.2) is 42.4 Å². The van der Waals surface area contributed by atoms with Crippen LogP contribution < -0.4 is 10.6 Å². The third-order valence-electron chi connectivity index (χ3n) is 4.14. The minimum Gasteiger partial charge on any atom is -0.368 e. The van der Waals surface area contributed by atoms with Gasteiger partial charge in [-0.15, -0.1) is 0 Å². The van der Waals surface area contributed by atoms with E-state index in [1.807, 2.05) is 54.1 Å². The second kappa shape index (κ2) is 6.72. The highest BCUT2D eigenvalue weighted by atomic mass is 16.2. The summed E-state index contributed by atoms with van der Waals surface area (Å²) >= 11 is 0. The Morgan fingerprint density at radius 1 is 1.33 bits per heavy atom. The maximum absolute atomic E-state index is 12.4. The zero-order valence-electron chi connectivity index (χ0n) is 12.7. The van der Waals surface area contributed by atoms with Crippen LogP contribution in [0.4, 0.5) is 5.69 Å². The number of carbonyl (C=O) groups excluding carboxylic acids is 2. The van der Waals surface area contributed by atoms with Gasteiger partial charge in [0.15, 0.2) is 0 Å². The van der Waals surface area contributed by atoms with Crippen LogP contribution in [0.2, 0.25) is 0 Å². The molecular weight excluding hydrogens is 266 g/mol. The Bertz CT molecular complexity index is 504. The molecule has 0 aliphatic carbocycles. The van der Waals surface area contributed by atoms with Gasteiger partial charge in [-0.2, -0.15) is 0 Å². The zero-order chi connectivity index (χ0) is 15.4. The standard InChI is InChI=1S/C16H23N3O2/c1-3-15(20)19(12-7-5-4-6-8-12)13-9-10-18(2)14(11-13)16(17)21/h4-8,13-14H,3,9-11H2,1-2H3,(H2,17,21)/t13-,14-/m0/s1. The van der Waals surface area contributed by atoms with Crippen LogP contribution in [-0.2, 0) is 9.59 Å². The highest BCUT2D eigenvalue weighted by Crippen LogP contribution is 2.26. The molecule has 2 N–H and O–H groups in total. The lowest BCUT2D eigenvalue weighted by Crippen LogP contribution is -2.54. The number of nitrogens with zero attached hydrogens (tertiary/aromatic N) is 2. The van der Waals surface area contributed by atoms with Gasteiger partial charge in [-0.1, -0.05) is 25.1 Å². The van der Waals surface area contributed by atoms with Crippen molar-refractivity contribution < 1.29 is 9.59 Å². The van der Waals surface area contributed by atoms with Gasteiger partial charge in [0, 0.05) is 24.7 Å². The molecule has 0 radical (unpaired) electrons. The van der Waals surface area contributed by atoms with Crippen molar-refractivity contribution in [2.24, 2.45) is 5.73 Å².